The molecule has 0 saturated carbocycles. The second-order valence-electron chi connectivity index (χ2n) is 4.71. The molecule has 0 radical (unpaired) electrons. The summed E-state index contributed by atoms with van der Waals surface area (Å²) in [5.41, 5.74) is 5.10. The molecular weight excluding hydrogens is 254 g/mol. The van der Waals surface area contributed by atoms with E-state index >= 15 is 0 Å². The fraction of sp³-hybridized carbons (Fsp3) is 0.267. The lowest BCUT2D eigenvalue weighted by Gasteiger charge is -2.07. The van der Waals surface area contributed by atoms with Crippen LogP contribution in [-0.4, -0.2) is 4.98 Å². The Morgan fingerprint density at radius 3 is 2.42 bits per heavy atom. The molecule has 0 amide bonds. The highest BCUT2D eigenvalue weighted by Gasteiger charge is 2.00. The van der Waals surface area contributed by atoms with Crippen LogP contribution in [0.1, 0.15) is 30.9 Å². The lowest BCUT2D eigenvalue weighted by Crippen LogP contribution is -2.08. The van der Waals surface area contributed by atoms with E-state index in [2.05, 4.69) is 48.5 Å². The third kappa shape index (κ3) is 3.98. The molecule has 1 heterocycles. The summed E-state index contributed by atoms with van der Waals surface area (Å²) in [4.78, 5) is 5.48. The van der Waals surface area contributed by atoms with Crippen molar-refractivity contribution >= 4 is 17.6 Å². The van der Waals surface area contributed by atoms with Crippen molar-refractivity contribution in [2.24, 2.45) is 5.84 Å². The maximum atomic E-state index is 5.29. The smallest absolute Gasteiger partial charge is 0.139 e. The molecule has 0 unspecified atom stereocenters. The van der Waals surface area contributed by atoms with E-state index in [1.54, 1.807) is 0 Å². The number of benzene rings is 1. The number of nitrogens with one attached hydrogen (secondary N) is 1. The fourth-order valence-corrected chi connectivity index (χ4v) is 2.54. The molecule has 1 aromatic heterocycles. The average molecular weight is 273 g/mol. The van der Waals surface area contributed by atoms with Crippen LogP contribution in [0.25, 0.3) is 0 Å². The van der Waals surface area contributed by atoms with Crippen LogP contribution in [-0.2, 0) is 5.75 Å². The molecule has 100 valence electrons. The number of nitrogens with zero attached hydrogens (tertiary/aromatic N) is 1. The van der Waals surface area contributed by atoms with Crippen LogP contribution < -0.4 is 11.3 Å². The van der Waals surface area contributed by atoms with Gasteiger partial charge in [0.25, 0.3) is 0 Å². The first-order valence-corrected chi connectivity index (χ1v) is 7.32. The van der Waals surface area contributed by atoms with Gasteiger partial charge in [-0.05, 0) is 35.2 Å². The van der Waals surface area contributed by atoms with Crippen LogP contribution >= 0.6 is 11.8 Å². The van der Waals surface area contributed by atoms with E-state index in [-0.39, 0.29) is 0 Å². The monoisotopic (exact) mass is 273 g/mol. The lowest BCUT2D eigenvalue weighted by molar-refractivity contribution is 0.865. The lowest BCUT2D eigenvalue weighted by atomic mass is 10.0. The molecule has 3 nitrogen and oxygen atoms in total. The number of rotatable bonds is 5. The highest BCUT2D eigenvalue weighted by Crippen LogP contribution is 2.24. The Morgan fingerprint density at radius 2 is 1.89 bits per heavy atom. The molecule has 0 fully saturated rings. The molecular formula is C15H19N3S. The quantitative estimate of drug-likeness (QED) is 0.494. The predicted molar refractivity (Wildman–Crippen MR) is 82.1 cm³/mol. The minimum absolute atomic E-state index is 0.583. The molecule has 0 spiro atoms. The van der Waals surface area contributed by atoms with Crippen molar-refractivity contribution < 1.29 is 0 Å². The Hall–Kier alpha value is -1.52. The number of nitrogen functional groups attached to an aromatic ring is 1. The third-order valence-corrected chi connectivity index (χ3v) is 4.01. The number of thioether (sulfide) groups is 1. The van der Waals surface area contributed by atoms with E-state index in [0.717, 1.165) is 5.75 Å². The van der Waals surface area contributed by atoms with Crippen LogP contribution in [0, 0.1) is 0 Å². The molecule has 2 rings (SSSR count). The van der Waals surface area contributed by atoms with Crippen LogP contribution in [0.2, 0.25) is 0 Å². The first-order valence-electron chi connectivity index (χ1n) is 6.33. The van der Waals surface area contributed by atoms with Gasteiger partial charge < -0.3 is 5.43 Å². The van der Waals surface area contributed by atoms with Crippen molar-refractivity contribution in [3.8, 4) is 0 Å². The zero-order valence-electron chi connectivity index (χ0n) is 11.3. The molecule has 0 aliphatic carbocycles. The first-order chi connectivity index (χ1) is 9.19. The highest BCUT2D eigenvalue weighted by molar-refractivity contribution is 7.98. The molecule has 0 atom stereocenters. The Bertz CT molecular complexity index is 506. The highest BCUT2D eigenvalue weighted by atomic mass is 32.2. The molecule has 0 aliphatic rings. The molecule has 19 heavy (non-hydrogen) atoms. The maximum Gasteiger partial charge on any atom is 0.139 e. The summed E-state index contributed by atoms with van der Waals surface area (Å²) >= 11 is 1.82. The van der Waals surface area contributed by atoms with Crippen molar-refractivity contribution in [2.45, 2.75) is 30.4 Å². The topological polar surface area (TPSA) is 50.9 Å². The van der Waals surface area contributed by atoms with Crippen molar-refractivity contribution in [1.29, 1.82) is 0 Å². The van der Waals surface area contributed by atoms with Crippen LogP contribution in [0.5, 0.6) is 0 Å². The Morgan fingerprint density at radius 1 is 1.16 bits per heavy atom. The molecule has 2 aromatic rings. The third-order valence-electron chi connectivity index (χ3n) is 2.92. The second kappa shape index (κ2) is 6.59. The summed E-state index contributed by atoms with van der Waals surface area (Å²) in [6, 6.07) is 12.7. The molecule has 3 N–H and O–H groups in total. The zero-order chi connectivity index (χ0) is 13.7. The van der Waals surface area contributed by atoms with Crippen molar-refractivity contribution in [3.63, 3.8) is 0 Å². The van der Waals surface area contributed by atoms with E-state index in [9.17, 15) is 0 Å². The SMILES string of the molecule is CC(C)c1ccc(SCc2ccc(NN)nc2)cc1. The summed E-state index contributed by atoms with van der Waals surface area (Å²) in [6.45, 7) is 4.42. The van der Waals surface area contributed by atoms with E-state index in [1.165, 1.54) is 16.0 Å². The standard InChI is InChI=1S/C15H19N3S/c1-11(2)13-4-6-14(7-5-13)19-10-12-3-8-15(18-16)17-9-12/h3-9,11H,10,16H2,1-2H3,(H,17,18). The number of pyridine rings is 1. The fourth-order valence-electron chi connectivity index (χ4n) is 1.71. The molecule has 0 bridgehead atoms. The van der Waals surface area contributed by atoms with Crippen LogP contribution in [0.15, 0.2) is 47.5 Å². The Labute approximate surface area is 118 Å². The van der Waals surface area contributed by atoms with Gasteiger partial charge in [-0.3, -0.25) is 0 Å². The summed E-state index contributed by atoms with van der Waals surface area (Å²) in [6.07, 6.45) is 1.85. The minimum atomic E-state index is 0.583. The van der Waals surface area contributed by atoms with Gasteiger partial charge in [0.1, 0.15) is 5.82 Å². The molecule has 0 saturated heterocycles. The normalized spacial score (nSPS) is 10.7. The summed E-state index contributed by atoms with van der Waals surface area (Å²) < 4.78 is 0. The Kier molecular flexibility index (Phi) is 4.82. The molecule has 0 aliphatic heterocycles. The number of nitrogens with two attached hydrogens (primary N) is 1. The van der Waals surface area contributed by atoms with E-state index in [4.69, 9.17) is 5.84 Å². The number of hydrazine groups is 1. The van der Waals surface area contributed by atoms with Gasteiger partial charge in [-0.25, -0.2) is 10.8 Å². The zero-order valence-corrected chi connectivity index (χ0v) is 12.1. The number of hydrogen-bond donors (Lipinski definition) is 2. The van der Waals surface area contributed by atoms with E-state index < -0.39 is 0 Å². The first kappa shape index (κ1) is 13.9. The van der Waals surface area contributed by atoms with Gasteiger partial charge in [0.15, 0.2) is 0 Å². The van der Waals surface area contributed by atoms with E-state index in [0.29, 0.717) is 11.7 Å². The predicted octanol–water partition coefficient (Wildman–Crippen LogP) is 3.78. The van der Waals surface area contributed by atoms with Crippen LogP contribution in [0.4, 0.5) is 5.82 Å². The van der Waals surface area contributed by atoms with Gasteiger partial charge in [-0.15, -0.1) is 11.8 Å². The largest absolute Gasteiger partial charge is 0.308 e. The number of aromatic nitrogens is 1. The minimum Gasteiger partial charge on any atom is -0.308 e. The van der Waals surface area contributed by atoms with E-state index in [1.807, 2.05) is 30.1 Å². The van der Waals surface area contributed by atoms with Crippen molar-refractivity contribution in [3.05, 3.63) is 53.7 Å². The van der Waals surface area contributed by atoms with Gasteiger partial charge >= 0.3 is 0 Å². The summed E-state index contributed by atoms with van der Waals surface area (Å²) in [7, 11) is 0. The van der Waals surface area contributed by atoms with Crippen molar-refractivity contribution in [2.75, 3.05) is 5.43 Å². The van der Waals surface area contributed by atoms with Gasteiger partial charge in [0.2, 0.25) is 0 Å². The van der Waals surface area contributed by atoms with Gasteiger partial charge in [-0.1, -0.05) is 32.0 Å². The molecule has 1 aromatic carbocycles. The van der Waals surface area contributed by atoms with Gasteiger partial charge in [-0.2, -0.15) is 0 Å². The van der Waals surface area contributed by atoms with Crippen LogP contribution in [0.3, 0.4) is 0 Å². The van der Waals surface area contributed by atoms with Gasteiger partial charge in [0.05, 0.1) is 0 Å². The average Bonchev–Trinajstić information content (AvgIpc) is 2.46. The Balaban J connectivity index is 1.94. The number of hydrogen-bond acceptors (Lipinski definition) is 4. The second-order valence-corrected chi connectivity index (χ2v) is 5.76. The summed E-state index contributed by atoms with van der Waals surface area (Å²) in [5.74, 6) is 7.47. The van der Waals surface area contributed by atoms with Gasteiger partial charge in [0, 0.05) is 16.8 Å². The summed E-state index contributed by atoms with van der Waals surface area (Å²) in [5, 5.41) is 0. The maximum absolute atomic E-state index is 5.29. The van der Waals surface area contributed by atoms with Crippen molar-refractivity contribution in [1.82, 2.24) is 4.98 Å². The number of anilines is 1. The molecule has 4 heteroatoms.